The van der Waals surface area contributed by atoms with E-state index in [1.807, 2.05) is 0 Å². The third-order valence-corrected chi connectivity index (χ3v) is 7.11. The lowest BCUT2D eigenvalue weighted by atomic mass is 9.92. The molecular formula is C34H21N3. The zero-order valence-electron chi connectivity index (χ0n) is 20.0. The van der Waals surface area contributed by atoms with Gasteiger partial charge in [-0.3, -0.25) is 4.98 Å². The van der Waals surface area contributed by atoms with E-state index >= 15 is 0 Å². The van der Waals surface area contributed by atoms with Gasteiger partial charge in [0, 0.05) is 34.4 Å². The average molecular weight is 472 g/mol. The van der Waals surface area contributed by atoms with E-state index in [1.54, 1.807) is 18.5 Å². The molecule has 5 aromatic carbocycles. The summed E-state index contributed by atoms with van der Waals surface area (Å²) in [6.07, 6.45) is 3.44. The van der Waals surface area contributed by atoms with E-state index in [9.17, 15) is 5.26 Å². The minimum atomic E-state index is 0.621. The molecule has 0 amide bonds. The molecule has 0 aliphatic heterocycles. The number of aromatic nitrogens is 2. The Hall–Kier alpha value is -5.20. The van der Waals surface area contributed by atoms with Gasteiger partial charge < -0.3 is 4.57 Å². The molecule has 172 valence electrons. The van der Waals surface area contributed by atoms with Crippen LogP contribution >= 0.6 is 0 Å². The lowest BCUT2D eigenvalue weighted by Gasteiger charge is -2.14. The maximum absolute atomic E-state index is 9.71. The van der Waals surface area contributed by atoms with Crippen molar-refractivity contribution < 1.29 is 0 Å². The summed E-state index contributed by atoms with van der Waals surface area (Å²) < 4.78 is 2.34. The van der Waals surface area contributed by atoms with Gasteiger partial charge in [0.05, 0.1) is 22.7 Å². The highest BCUT2D eigenvalue weighted by atomic mass is 15.0. The minimum Gasteiger partial charge on any atom is -0.309 e. The molecule has 3 heteroatoms. The Kier molecular flexibility index (Phi) is 4.84. The molecule has 2 aromatic heterocycles. The van der Waals surface area contributed by atoms with Gasteiger partial charge in [0.15, 0.2) is 0 Å². The highest BCUT2D eigenvalue weighted by Gasteiger charge is 2.14. The zero-order valence-corrected chi connectivity index (χ0v) is 20.0. The second kappa shape index (κ2) is 8.48. The van der Waals surface area contributed by atoms with E-state index in [4.69, 9.17) is 0 Å². The SMILES string of the molecule is N#Cc1ccncc1-c1cc(-c2cccc(-n3c4ccccc4c4ccccc43)c2)c2ccccc2c1. The number of hydrogen-bond donors (Lipinski definition) is 0. The summed E-state index contributed by atoms with van der Waals surface area (Å²) in [5.41, 5.74) is 8.19. The van der Waals surface area contributed by atoms with Crippen LogP contribution in [-0.2, 0) is 0 Å². The van der Waals surface area contributed by atoms with Gasteiger partial charge in [-0.25, -0.2) is 0 Å². The summed E-state index contributed by atoms with van der Waals surface area (Å²) >= 11 is 0. The summed E-state index contributed by atoms with van der Waals surface area (Å²) in [5, 5.41) is 14.5. The molecule has 3 nitrogen and oxygen atoms in total. The van der Waals surface area contributed by atoms with Gasteiger partial charge in [0.25, 0.3) is 0 Å². The molecule has 0 spiro atoms. The molecular weight excluding hydrogens is 450 g/mol. The van der Waals surface area contributed by atoms with Crippen molar-refractivity contribution in [2.45, 2.75) is 0 Å². The van der Waals surface area contributed by atoms with Crippen molar-refractivity contribution in [2.24, 2.45) is 0 Å². The summed E-state index contributed by atoms with van der Waals surface area (Å²) in [6.45, 7) is 0. The van der Waals surface area contributed by atoms with Crippen LogP contribution in [0.3, 0.4) is 0 Å². The topological polar surface area (TPSA) is 41.6 Å². The van der Waals surface area contributed by atoms with Crippen LogP contribution in [0.25, 0.3) is 60.5 Å². The second-order valence-corrected chi connectivity index (χ2v) is 9.20. The minimum absolute atomic E-state index is 0.621. The fourth-order valence-corrected chi connectivity index (χ4v) is 5.44. The molecule has 0 bridgehead atoms. The summed E-state index contributed by atoms with van der Waals surface area (Å²) in [5.74, 6) is 0. The van der Waals surface area contributed by atoms with Crippen molar-refractivity contribution in [2.75, 3.05) is 0 Å². The number of pyridine rings is 1. The maximum Gasteiger partial charge on any atom is 0.0999 e. The molecule has 0 saturated carbocycles. The molecule has 0 radical (unpaired) electrons. The van der Waals surface area contributed by atoms with Crippen molar-refractivity contribution in [3.63, 3.8) is 0 Å². The molecule has 2 heterocycles. The average Bonchev–Trinajstić information content (AvgIpc) is 3.31. The van der Waals surface area contributed by atoms with Gasteiger partial charge in [-0.1, -0.05) is 72.8 Å². The van der Waals surface area contributed by atoms with E-state index in [0.717, 1.165) is 33.3 Å². The number of rotatable bonds is 3. The van der Waals surface area contributed by atoms with Gasteiger partial charge in [-0.05, 0) is 69.9 Å². The molecule has 0 saturated heterocycles. The van der Waals surface area contributed by atoms with E-state index in [1.165, 1.54) is 27.2 Å². The Bertz CT molecular complexity index is 1950. The Morgan fingerprint density at radius 3 is 2.05 bits per heavy atom. The lowest BCUT2D eigenvalue weighted by Crippen LogP contribution is -1.94. The first-order chi connectivity index (χ1) is 18.3. The van der Waals surface area contributed by atoms with Crippen molar-refractivity contribution >= 4 is 32.6 Å². The first-order valence-electron chi connectivity index (χ1n) is 12.3. The van der Waals surface area contributed by atoms with Crippen molar-refractivity contribution in [3.05, 3.63) is 133 Å². The summed E-state index contributed by atoms with van der Waals surface area (Å²) in [4.78, 5) is 4.30. The number of nitriles is 1. The van der Waals surface area contributed by atoms with Crippen LogP contribution in [0.2, 0.25) is 0 Å². The third kappa shape index (κ3) is 3.39. The molecule has 0 unspecified atom stereocenters. The monoisotopic (exact) mass is 471 g/mol. The summed E-state index contributed by atoms with van der Waals surface area (Å²) in [6, 6.07) is 42.7. The van der Waals surface area contributed by atoms with E-state index < -0.39 is 0 Å². The van der Waals surface area contributed by atoms with Crippen molar-refractivity contribution in [1.82, 2.24) is 9.55 Å². The van der Waals surface area contributed by atoms with Crippen LogP contribution in [-0.4, -0.2) is 9.55 Å². The second-order valence-electron chi connectivity index (χ2n) is 9.20. The molecule has 0 aliphatic carbocycles. The molecule has 7 rings (SSSR count). The van der Waals surface area contributed by atoms with Crippen molar-refractivity contribution in [1.29, 1.82) is 5.26 Å². The molecule has 0 atom stereocenters. The fourth-order valence-electron chi connectivity index (χ4n) is 5.44. The smallest absolute Gasteiger partial charge is 0.0999 e. The fraction of sp³-hybridized carbons (Fsp3) is 0. The number of nitrogens with zero attached hydrogens (tertiary/aromatic N) is 3. The first kappa shape index (κ1) is 21.1. The first-order valence-corrected chi connectivity index (χ1v) is 12.3. The number of para-hydroxylation sites is 2. The molecule has 0 aliphatic rings. The normalized spacial score (nSPS) is 11.2. The molecule has 0 N–H and O–H groups in total. The van der Waals surface area contributed by atoms with Crippen LogP contribution in [0, 0.1) is 11.3 Å². The van der Waals surface area contributed by atoms with Crippen LogP contribution < -0.4 is 0 Å². The predicted octanol–water partition coefficient (Wildman–Crippen LogP) is 8.54. The van der Waals surface area contributed by atoms with Gasteiger partial charge in [-0.15, -0.1) is 0 Å². The standard InChI is InChI=1S/C34H21N3/c35-21-25-16-17-36-22-32(25)26-18-23-8-1-2-11-28(23)31(20-26)24-9-7-10-27(19-24)37-33-14-5-3-12-29(33)30-13-4-6-15-34(30)37/h1-20,22H. The highest BCUT2D eigenvalue weighted by molar-refractivity contribution is 6.09. The Labute approximate surface area is 214 Å². The van der Waals surface area contributed by atoms with Crippen LogP contribution in [0.15, 0.2) is 128 Å². The maximum atomic E-state index is 9.71. The molecule has 7 aromatic rings. The highest BCUT2D eigenvalue weighted by Crippen LogP contribution is 2.37. The number of hydrogen-bond acceptors (Lipinski definition) is 2. The van der Waals surface area contributed by atoms with Gasteiger partial charge in [-0.2, -0.15) is 5.26 Å². The molecule has 0 fully saturated rings. The van der Waals surface area contributed by atoms with Gasteiger partial charge in [0.1, 0.15) is 0 Å². The quantitative estimate of drug-likeness (QED) is 0.259. The van der Waals surface area contributed by atoms with Crippen molar-refractivity contribution in [3.8, 4) is 34.0 Å². The van der Waals surface area contributed by atoms with E-state index in [-0.39, 0.29) is 0 Å². The number of benzene rings is 5. The Morgan fingerprint density at radius 2 is 1.30 bits per heavy atom. The largest absolute Gasteiger partial charge is 0.309 e. The van der Waals surface area contributed by atoms with Crippen LogP contribution in [0.4, 0.5) is 0 Å². The Balaban J connectivity index is 1.49. The van der Waals surface area contributed by atoms with E-state index in [0.29, 0.717) is 5.56 Å². The Morgan fingerprint density at radius 1 is 0.595 bits per heavy atom. The lowest BCUT2D eigenvalue weighted by molar-refractivity contribution is 1.18. The van der Waals surface area contributed by atoms with Gasteiger partial charge >= 0.3 is 0 Å². The summed E-state index contributed by atoms with van der Waals surface area (Å²) in [7, 11) is 0. The van der Waals surface area contributed by atoms with Gasteiger partial charge in [0.2, 0.25) is 0 Å². The van der Waals surface area contributed by atoms with Crippen LogP contribution in [0.5, 0.6) is 0 Å². The molecule has 37 heavy (non-hydrogen) atoms. The third-order valence-electron chi connectivity index (χ3n) is 7.11. The van der Waals surface area contributed by atoms with E-state index in [2.05, 4.69) is 125 Å². The number of fused-ring (bicyclic) bond motifs is 4. The zero-order chi connectivity index (χ0) is 24.8. The van der Waals surface area contributed by atoms with Crippen LogP contribution in [0.1, 0.15) is 5.56 Å². The predicted molar refractivity (Wildman–Crippen MR) is 152 cm³/mol.